The highest BCUT2D eigenvalue weighted by atomic mass is 16.2. The van der Waals surface area contributed by atoms with Gasteiger partial charge in [0.2, 0.25) is 5.91 Å². The summed E-state index contributed by atoms with van der Waals surface area (Å²) in [5, 5.41) is 8.58. The Hall–Kier alpha value is -2.57. The molecule has 7 nitrogen and oxygen atoms in total. The summed E-state index contributed by atoms with van der Waals surface area (Å²) >= 11 is 0. The normalized spacial score (nSPS) is 14.3. The number of hydrogen-bond donors (Lipinski definition) is 3. The van der Waals surface area contributed by atoms with Gasteiger partial charge < -0.3 is 20.9 Å². The van der Waals surface area contributed by atoms with Crippen molar-refractivity contribution in [1.82, 2.24) is 15.5 Å². The summed E-state index contributed by atoms with van der Waals surface area (Å²) in [7, 11) is 3.37. The van der Waals surface area contributed by atoms with Gasteiger partial charge in [0.1, 0.15) is 0 Å². The first-order chi connectivity index (χ1) is 13.0. The highest BCUT2D eigenvalue weighted by Crippen LogP contribution is 2.17. The predicted molar refractivity (Wildman–Crippen MR) is 106 cm³/mol. The van der Waals surface area contributed by atoms with Crippen molar-refractivity contribution >= 4 is 23.5 Å². The third-order valence-electron chi connectivity index (χ3n) is 4.61. The predicted octanol–water partition coefficient (Wildman–Crippen LogP) is 2.74. The first kappa shape index (κ1) is 20.7. The molecule has 2 rings (SSSR count). The number of anilines is 1. The summed E-state index contributed by atoms with van der Waals surface area (Å²) in [4.78, 5) is 37.4. The van der Waals surface area contributed by atoms with Crippen LogP contribution in [0, 0.1) is 0 Å². The summed E-state index contributed by atoms with van der Waals surface area (Å²) in [6.45, 7) is 0.450. The van der Waals surface area contributed by atoms with Crippen molar-refractivity contribution in [3.8, 4) is 0 Å². The largest absolute Gasteiger partial charge is 0.345 e. The highest BCUT2D eigenvalue weighted by molar-refractivity contribution is 5.97. The molecule has 0 spiro atoms. The molecule has 1 aromatic carbocycles. The van der Waals surface area contributed by atoms with Gasteiger partial charge in [0.15, 0.2) is 0 Å². The molecule has 0 heterocycles. The van der Waals surface area contributed by atoms with E-state index in [-0.39, 0.29) is 23.9 Å². The lowest BCUT2D eigenvalue weighted by molar-refractivity contribution is -0.116. The van der Waals surface area contributed by atoms with Crippen LogP contribution in [-0.2, 0) is 4.79 Å². The maximum absolute atomic E-state index is 12.1. The summed E-state index contributed by atoms with van der Waals surface area (Å²) in [5.74, 6) is -0.252. The van der Waals surface area contributed by atoms with Gasteiger partial charge in [-0.3, -0.25) is 9.59 Å². The van der Waals surface area contributed by atoms with Crippen molar-refractivity contribution in [1.29, 1.82) is 0 Å². The van der Waals surface area contributed by atoms with Gasteiger partial charge >= 0.3 is 6.03 Å². The van der Waals surface area contributed by atoms with E-state index in [4.69, 9.17) is 0 Å². The van der Waals surface area contributed by atoms with Gasteiger partial charge in [-0.2, -0.15) is 0 Å². The van der Waals surface area contributed by atoms with Gasteiger partial charge in [-0.25, -0.2) is 4.79 Å². The van der Waals surface area contributed by atoms with Crippen LogP contribution in [0.3, 0.4) is 0 Å². The number of urea groups is 1. The van der Waals surface area contributed by atoms with E-state index in [1.54, 1.807) is 38.4 Å². The maximum atomic E-state index is 12.1. The summed E-state index contributed by atoms with van der Waals surface area (Å²) in [5.41, 5.74) is 1.12. The topological polar surface area (TPSA) is 90.5 Å². The molecule has 7 heteroatoms. The minimum Gasteiger partial charge on any atom is -0.345 e. The van der Waals surface area contributed by atoms with Crippen LogP contribution in [0.4, 0.5) is 10.5 Å². The SMILES string of the molecule is CN(C)C(=O)c1cccc(NC(=O)CCCNC(=O)NC2CCCCC2)c1. The standard InChI is InChI=1S/C20H30N4O3/c1-24(2)19(26)15-8-6-11-17(14-15)22-18(25)12-7-13-21-20(27)23-16-9-4-3-5-10-16/h6,8,11,14,16H,3-5,7,9-10,12-13H2,1-2H3,(H,22,25)(H2,21,23,27). The van der Waals surface area contributed by atoms with Crippen molar-refractivity contribution < 1.29 is 14.4 Å². The molecule has 1 aliphatic carbocycles. The molecule has 0 saturated heterocycles. The lowest BCUT2D eigenvalue weighted by Gasteiger charge is -2.22. The molecule has 0 aliphatic heterocycles. The van der Waals surface area contributed by atoms with E-state index in [9.17, 15) is 14.4 Å². The zero-order chi connectivity index (χ0) is 19.6. The monoisotopic (exact) mass is 374 g/mol. The zero-order valence-corrected chi connectivity index (χ0v) is 16.2. The lowest BCUT2D eigenvalue weighted by Crippen LogP contribution is -2.43. The molecule has 0 unspecified atom stereocenters. The maximum Gasteiger partial charge on any atom is 0.315 e. The number of carbonyl (C=O) groups excluding carboxylic acids is 3. The van der Waals surface area contributed by atoms with E-state index in [0.717, 1.165) is 12.8 Å². The van der Waals surface area contributed by atoms with Crippen molar-refractivity contribution in [3.05, 3.63) is 29.8 Å². The van der Waals surface area contributed by atoms with Gasteiger partial charge in [-0.05, 0) is 37.5 Å². The third-order valence-corrected chi connectivity index (χ3v) is 4.61. The summed E-state index contributed by atoms with van der Waals surface area (Å²) < 4.78 is 0. The summed E-state index contributed by atoms with van der Waals surface area (Å²) in [6.07, 6.45) is 6.55. The molecule has 0 radical (unpaired) electrons. The second-order valence-corrected chi connectivity index (χ2v) is 7.17. The Labute approximate surface area is 160 Å². The number of hydrogen-bond acceptors (Lipinski definition) is 3. The minimum atomic E-state index is -0.155. The Balaban J connectivity index is 1.66. The second kappa shape index (κ2) is 10.5. The van der Waals surface area contributed by atoms with Crippen LogP contribution >= 0.6 is 0 Å². The fraction of sp³-hybridized carbons (Fsp3) is 0.550. The van der Waals surface area contributed by atoms with E-state index in [0.29, 0.717) is 30.6 Å². The van der Waals surface area contributed by atoms with E-state index >= 15 is 0 Å². The lowest BCUT2D eigenvalue weighted by atomic mass is 9.96. The van der Waals surface area contributed by atoms with Gasteiger partial charge in [0.25, 0.3) is 5.91 Å². The van der Waals surface area contributed by atoms with Gasteiger partial charge in [0, 0.05) is 44.4 Å². The first-order valence-corrected chi connectivity index (χ1v) is 9.61. The molecule has 27 heavy (non-hydrogen) atoms. The van der Waals surface area contributed by atoms with E-state index in [1.807, 2.05) is 0 Å². The Morgan fingerprint density at radius 1 is 1.11 bits per heavy atom. The molecule has 1 aliphatic rings. The van der Waals surface area contributed by atoms with E-state index < -0.39 is 0 Å². The number of nitrogens with one attached hydrogen (secondary N) is 3. The Morgan fingerprint density at radius 2 is 1.85 bits per heavy atom. The first-order valence-electron chi connectivity index (χ1n) is 9.61. The molecule has 1 fully saturated rings. The average Bonchev–Trinajstić information content (AvgIpc) is 2.65. The molecule has 0 bridgehead atoms. The van der Waals surface area contributed by atoms with Gasteiger partial charge in [-0.15, -0.1) is 0 Å². The molecule has 1 aromatic rings. The fourth-order valence-electron chi connectivity index (χ4n) is 3.15. The van der Waals surface area contributed by atoms with E-state index in [2.05, 4.69) is 16.0 Å². The van der Waals surface area contributed by atoms with Crippen LogP contribution in [0.5, 0.6) is 0 Å². The van der Waals surface area contributed by atoms with Crippen molar-refractivity contribution in [3.63, 3.8) is 0 Å². The molecular weight excluding hydrogens is 344 g/mol. The third kappa shape index (κ3) is 7.29. The highest BCUT2D eigenvalue weighted by Gasteiger charge is 2.15. The van der Waals surface area contributed by atoms with Crippen LogP contribution in [0.15, 0.2) is 24.3 Å². The van der Waals surface area contributed by atoms with Crippen molar-refractivity contribution in [2.24, 2.45) is 0 Å². The smallest absolute Gasteiger partial charge is 0.315 e. The Kier molecular flexibility index (Phi) is 8.10. The zero-order valence-electron chi connectivity index (χ0n) is 16.2. The van der Waals surface area contributed by atoms with Crippen LogP contribution in [-0.4, -0.2) is 49.4 Å². The number of carbonyl (C=O) groups is 3. The van der Waals surface area contributed by atoms with Crippen LogP contribution in [0.2, 0.25) is 0 Å². The Bertz CT molecular complexity index is 654. The van der Waals surface area contributed by atoms with Crippen molar-refractivity contribution in [2.45, 2.75) is 51.0 Å². The van der Waals surface area contributed by atoms with Gasteiger partial charge in [0.05, 0.1) is 0 Å². The molecule has 0 atom stereocenters. The Morgan fingerprint density at radius 3 is 2.56 bits per heavy atom. The van der Waals surface area contributed by atoms with Gasteiger partial charge in [-0.1, -0.05) is 25.3 Å². The molecule has 4 amide bonds. The van der Waals surface area contributed by atoms with Crippen LogP contribution < -0.4 is 16.0 Å². The molecule has 148 valence electrons. The average molecular weight is 374 g/mol. The van der Waals surface area contributed by atoms with E-state index in [1.165, 1.54) is 24.2 Å². The van der Waals surface area contributed by atoms with Crippen LogP contribution in [0.1, 0.15) is 55.3 Å². The molecule has 1 saturated carbocycles. The quantitative estimate of drug-likeness (QED) is 0.641. The number of rotatable bonds is 7. The fourth-order valence-corrected chi connectivity index (χ4v) is 3.15. The second-order valence-electron chi connectivity index (χ2n) is 7.17. The molecular formula is C20H30N4O3. The van der Waals surface area contributed by atoms with Crippen LogP contribution in [0.25, 0.3) is 0 Å². The van der Waals surface area contributed by atoms with Crippen molar-refractivity contribution in [2.75, 3.05) is 26.0 Å². The summed E-state index contributed by atoms with van der Waals surface area (Å²) in [6, 6.07) is 6.99. The number of benzene rings is 1. The number of nitrogens with zero attached hydrogens (tertiary/aromatic N) is 1. The molecule has 3 N–H and O–H groups in total. The number of amides is 4. The minimum absolute atomic E-state index is 0.112. The molecule has 0 aromatic heterocycles.